The topological polar surface area (TPSA) is 55.8 Å². The molecular formula is C15H21NO4. The van der Waals surface area contributed by atoms with Crippen molar-refractivity contribution in [1.82, 2.24) is 4.90 Å². The molecule has 0 saturated carbocycles. The molecule has 110 valence electrons. The molecule has 3 aliphatic heterocycles. The van der Waals surface area contributed by atoms with Gasteiger partial charge in [0.2, 0.25) is 5.91 Å². The minimum Gasteiger partial charge on any atom is -0.466 e. The van der Waals surface area contributed by atoms with Gasteiger partial charge in [0.25, 0.3) is 0 Å². The van der Waals surface area contributed by atoms with Gasteiger partial charge in [0.1, 0.15) is 11.5 Å². The zero-order valence-corrected chi connectivity index (χ0v) is 12.2. The Morgan fingerprint density at radius 1 is 1.60 bits per heavy atom. The van der Waals surface area contributed by atoms with E-state index < -0.39 is 17.4 Å². The Kier molecular flexibility index (Phi) is 3.12. The number of carbonyl (C=O) groups is 2. The van der Waals surface area contributed by atoms with Crippen LogP contribution in [0.1, 0.15) is 27.2 Å². The van der Waals surface area contributed by atoms with Gasteiger partial charge in [-0.2, -0.15) is 0 Å². The van der Waals surface area contributed by atoms with Crippen LogP contribution in [0.25, 0.3) is 0 Å². The predicted octanol–water partition coefficient (Wildman–Crippen LogP) is 1.13. The molecule has 2 bridgehead atoms. The Hall–Kier alpha value is -1.36. The quantitative estimate of drug-likeness (QED) is 0.572. The van der Waals surface area contributed by atoms with Crippen molar-refractivity contribution in [2.24, 2.45) is 11.8 Å². The summed E-state index contributed by atoms with van der Waals surface area (Å²) < 4.78 is 11.1. The number of carbonyl (C=O) groups excluding carboxylic acids is 2. The average Bonchev–Trinajstić information content (AvgIpc) is 3.06. The molecule has 3 heterocycles. The molecule has 0 aromatic carbocycles. The van der Waals surface area contributed by atoms with Crippen LogP contribution in [-0.4, -0.2) is 47.7 Å². The number of hydrogen-bond donors (Lipinski definition) is 0. The summed E-state index contributed by atoms with van der Waals surface area (Å²) in [5, 5.41) is 0. The fourth-order valence-electron chi connectivity index (χ4n) is 3.63. The van der Waals surface area contributed by atoms with E-state index in [-0.39, 0.29) is 24.0 Å². The lowest BCUT2D eigenvalue weighted by molar-refractivity contribution is -0.153. The van der Waals surface area contributed by atoms with Crippen molar-refractivity contribution in [1.29, 1.82) is 0 Å². The van der Waals surface area contributed by atoms with Crippen LogP contribution in [0, 0.1) is 11.8 Å². The van der Waals surface area contributed by atoms with Crippen molar-refractivity contribution in [3.63, 3.8) is 0 Å². The maximum Gasteiger partial charge on any atom is 0.312 e. The highest BCUT2D eigenvalue weighted by molar-refractivity contribution is 5.91. The number of fused-ring (bicyclic) bond motifs is 1. The van der Waals surface area contributed by atoms with Gasteiger partial charge in [-0.05, 0) is 20.3 Å². The van der Waals surface area contributed by atoms with Crippen molar-refractivity contribution in [3.05, 3.63) is 12.2 Å². The van der Waals surface area contributed by atoms with Crippen LogP contribution in [0.4, 0.5) is 0 Å². The molecule has 0 radical (unpaired) electrons. The average molecular weight is 279 g/mol. The highest BCUT2D eigenvalue weighted by Gasteiger charge is 2.67. The molecule has 2 fully saturated rings. The Bertz CT molecular complexity index is 474. The molecule has 5 atom stereocenters. The van der Waals surface area contributed by atoms with E-state index >= 15 is 0 Å². The normalized spacial score (nSPS) is 39.2. The molecule has 3 rings (SSSR count). The summed E-state index contributed by atoms with van der Waals surface area (Å²) in [5.74, 6) is -1.18. The van der Waals surface area contributed by atoms with Gasteiger partial charge >= 0.3 is 5.97 Å². The molecule has 0 aliphatic carbocycles. The van der Waals surface area contributed by atoms with Crippen LogP contribution in [0.3, 0.4) is 0 Å². The van der Waals surface area contributed by atoms with E-state index in [0.717, 1.165) is 6.42 Å². The van der Waals surface area contributed by atoms with Gasteiger partial charge < -0.3 is 14.4 Å². The van der Waals surface area contributed by atoms with Crippen LogP contribution in [0.5, 0.6) is 0 Å². The number of esters is 1. The lowest BCUT2D eigenvalue weighted by Gasteiger charge is -2.26. The van der Waals surface area contributed by atoms with E-state index in [1.165, 1.54) is 0 Å². The Balaban J connectivity index is 1.90. The fourth-order valence-corrected chi connectivity index (χ4v) is 3.63. The highest BCUT2D eigenvalue weighted by Crippen LogP contribution is 2.52. The Morgan fingerprint density at radius 3 is 3.00 bits per heavy atom. The third-order valence-corrected chi connectivity index (χ3v) is 4.81. The van der Waals surface area contributed by atoms with E-state index in [1.807, 2.05) is 24.0 Å². The summed E-state index contributed by atoms with van der Waals surface area (Å²) in [6.07, 6.45) is 4.47. The second-order valence-electron chi connectivity index (χ2n) is 5.88. The molecule has 5 heteroatoms. The third-order valence-electron chi connectivity index (χ3n) is 4.81. The van der Waals surface area contributed by atoms with Gasteiger partial charge in [-0.15, -0.1) is 0 Å². The van der Waals surface area contributed by atoms with Gasteiger partial charge in [0.05, 0.1) is 25.2 Å². The standard InChI is InChI=1S/C15H21NO4/c1-4-9(3)16-8-15-7-6-10(20-15)11(12(15)13(16)17)14(18)19-5-2/h6-7,9-12H,4-5,8H2,1-3H3/t9-,10-,11-,12+,15-/m1/s1. The van der Waals surface area contributed by atoms with E-state index in [4.69, 9.17) is 9.47 Å². The zero-order chi connectivity index (χ0) is 14.5. The van der Waals surface area contributed by atoms with E-state index in [0.29, 0.717) is 13.2 Å². The van der Waals surface area contributed by atoms with Crippen LogP contribution in [-0.2, 0) is 19.1 Å². The number of hydrogen-bond acceptors (Lipinski definition) is 4. The van der Waals surface area contributed by atoms with Crippen LogP contribution < -0.4 is 0 Å². The zero-order valence-electron chi connectivity index (χ0n) is 12.2. The summed E-state index contributed by atoms with van der Waals surface area (Å²) in [7, 11) is 0. The van der Waals surface area contributed by atoms with Gasteiger partial charge in [-0.25, -0.2) is 0 Å². The smallest absolute Gasteiger partial charge is 0.312 e. The second-order valence-corrected chi connectivity index (χ2v) is 5.88. The molecule has 5 nitrogen and oxygen atoms in total. The highest BCUT2D eigenvalue weighted by atomic mass is 16.6. The molecule has 0 aromatic heterocycles. The minimum absolute atomic E-state index is 0.0317. The lowest BCUT2D eigenvalue weighted by atomic mass is 9.77. The van der Waals surface area contributed by atoms with Crippen LogP contribution in [0.2, 0.25) is 0 Å². The monoisotopic (exact) mass is 279 g/mol. The first-order valence-electron chi connectivity index (χ1n) is 7.38. The maximum absolute atomic E-state index is 12.7. The molecule has 0 aromatic rings. The third kappa shape index (κ3) is 1.65. The number of amides is 1. The first-order valence-corrected chi connectivity index (χ1v) is 7.38. The molecule has 3 aliphatic rings. The molecule has 1 amide bonds. The number of likely N-dealkylation sites (tertiary alicyclic amines) is 1. The van der Waals surface area contributed by atoms with Gasteiger partial charge in [-0.1, -0.05) is 19.1 Å². The van der Waals surface area contributed by atoms with Crippen molar-refractivity contribution in [3.8, 4) is 0 Å². The first kappa shape index (κ1) is 13.6. The van der Waals surface area contributed by atoms with Crippen LogP contribution >= 0.6 is 0 Å². The lowest BCUT2D eigenvalue weighted by Crippen LogP contribution is -2.41. The summed E-state index contributed by atoms with van der Waals surface area (Å²) in [6, 6.07) is 0.168. The summed E-state index contributed by atoms with van der Waals surface area (Å²) in [4.78, 5) is 26.7. The van der Waals surface area contributed by atoms with Gasteiger partial charge in [0.15, 0.2) is 0 Å². The van der Waals surface area contributed by atoms with Gasteiger partial charge in [-0.3, -0.25) is 9.59 Å². The SMILES string of the molecule is CCOC(=O)[C@H]1[C@H]2C(=O)N([C@H](C)CC)C[C@]23C=C[C@H]1O3. The van der Waals surface area contributed by atoms with Crippen molar-refractivity contribution >= 4 is 11.9 Å². The van der Waals surface area contributed by atoms with E-state index in [9.17, 15) is 9.59 Å². The second kappa shape index (κ2) is 4.58. The molecule has 20 heavy (non-hydrogen) atoms. The Morgan fingerprint density at radius 2 is 2.35 bits per heavy atom. The number of ether oxygens (including phenoxy) is 2. The van der Waals surface area contributed by atoms with Crippen molar-refractivity contribution in [2.45, 2.75) is 44.9 Å². The molecular weight excluding hydrogens is 258 g/mol. The van der Waals surface area contributed by atoms with Crippen LogP contribution in [0.15, 0.2) is 12.2 Å². The van der Waals surface area contributed by atoms with E-state index in [1.54, 1.807) is 6.92 Å². The first-order chi connectivity index (χ1) is 9.54. The minimum atomic E-state index is -0.609. The van der Waals surface area contributed by atoms with Crippen molar-refractivity contribution in [2.75, 3.05) is 13.2 Å². The van der Waals surface area contributed by atoms with E-state index in [2.05, 4.69) is 6.92 Å². The number of rotatable bonds is 4. The molecule has 0 N–H and O–H groups in total. The van der Waals surface area contributed by atoms with Crippen molar-refractivity contribution < 1.29 is 19.1 Å². The Labute approximate surface area is 118 Å². The summed E-state index contributed by atoms with van der Waals surface area (Å²) in [5.41, 5.74) is -0.609. The summed E-state index contributed by atoms with van der Waals surface area (Å²) >= 11 is 0. The molecule has 1 spiro atoms. The van der Waals surface area contributed by atoms with Gasteiger partial charge in [0, 0.05) is 6.04 Å². The summed E-state index contributed by atoms with van der Waals surface area (Å²) in [6.45, 7) is 6.74. The predicted molar refractivity (Wildman–Crippen MR) is 71.8 cm³/mol. The molecule has 0 unspecified atom stereocenters. The maximum atomic E-state index is 12.7. The number of nitrogens with zero attached hydrogens (tertiary/aromatic N) is 1. The largest absolute Gasteiger partial charge is 0.466 e. The molecule has 2 saturated heterocycles. The fraction of sp³-hybridized carbons (Fsp3) is 0.733.